The van der Waals surface area contributed by atoms with Gasteiger partial charge in [0.2, 0.25) is 0 Å². The van der Waals surface area contributed by atoms with E-state index in [4.69, 9.17) is 9.47 Å². The number of carbonyl (C=O) groups is 2. The molecule has 2 aromatic rings. The molecule has 0 aromatic heterocycles. The van der Waals surface area contributed by atoms with E-state index in [1.54, 1.807) is 0 Å². The number of rotatable bonds is 4. The molecule has 2 aromatic carbocycles. The van der Waals surface area contributed by atoms with Crippen LogP contribution in [0.2, 0.25) is 0 Å². The molecule has 1 aliphatic rings. The van der Waals surface area contributed by atoms with E-state index in [2.05, 4.69) is 0 Å². The van der Waals surface area contributed by atoms with E-state index in [-0.39, 0.29) is 23.8 Å². The predicted molar refractivity (Wildman–Crippen MR) is 89.4 cm³/mol. The summed E-state index contributed by atoms with van der Waals surface area (Å²) in [6.07, 6.45) is 0. The highest BCUT2D eigenvalue weighted by atomic mass is 16.5. The van der Waals surface area contributed by atoms with Crippen molar-refractivity contribution in [1.29, 1.82) is 0 Å². The molecule has 124 valence electrons. The predicted octanol–water partition coefficient (Wildman–Crippen LogP) is 3.15. The van der Waals surface area contributed by atoms with Crippen LogP contribution >= 0.6 is 0 Å². The second-order valence-corrected chi connectivity index (χ2v) is 5.97. The van der Waals surface area contributed by atoms with E-state index in [0.717, 1.165) is 11.1 Å². The van der Waals surface area contributed by atoms with Gasteiger partial charge in [0.25, 0.3) is 0 Å². The van der Waals surface area contributed by atoms with Gasteiger partial charge in [-0.2, -0.15) is 0 Å². The van der Waals surface area contributed by atoms with E-state index in [0.29, 0.717) is 0 Å². The molecule has 3 rings (SSSR count). The lowest BCUT2D eigenvalue weighted by atomic mass is 9.52. The van der Waals surface area contributed by atoms with Crippen LogP contribution < -0.4 is 0 Å². The number of ether oxygens (including phenoxy) is 2. The Kier molecular flexibility index (Phi) is 4.65. The third-order valence-corrected chi connectivity index (χ3v) is 4.86. The van der Waals surface area contributed by atoms with Crippen LogP contribution in [0.15, 0.2) is 60.7 Å². The molecule has 24 heavy (non-hydrogen) atoms. The Bertz CT molecular complexity index is 647. The van der Waals surface area contributed by atoms with Crippen LogP contribution in [0.25, 0.3) is 0 Å². The quantitative estimate of drug-likeness (QED) is 0.811. The zero-order valence-corrected chi connectivity index (χ0v) is 13.7. The minimum absolute atomic E-state index is 0.106. The van der Waals surface area contributed by atoms with Crippen molar-refractivity contribution in [1.82, 2.24) is 0 Å². The molecule has 0 heterocycles. The number of hydrogen-bond donors (Lipinski definition) is 0. The number of hydrogen-bond acceptors (Lipinski definition) is 4. The fourth-order valence-electron chi connectivity index (χ4n) is 3.79. The molecule has 0 unspecified atom stereocenters. The lowest BCUT2D eigenvalue weighted by molar-refractivity contribution is -0.168. The normalized spacial score (nSPS) is 25.4. The molecule has 0 radical (unpaired) electrons. The highest BCUT2D eigenvalue weighted by Gasteiger charge is 2.59. The van der Waals surface area contributed by atoms with Crippen LogP contribution in [0.4, 0.5) is 0 Å². The molecule has 4 atom stereocenters. The summed E-state index contributed by atoms with van der Waals surface area (Å²) in [6.45, 7) is 0. The van der Waals surface area contributed by atoms with Gasteiger partial charge in [-0.1, -0.05) is 60.7 Å². The molecule has 1 aliphatic carbocycles. The first-order chi connectivity index (χ1) is 11.7. The molecular formula is C20H20O4. The van der Waals surface area contributed by atoms with Crippen molar-refractivity contribution in [2.24, 2.45) is 11.8 Å². The van der Waals surface area contributed by atoms with E-state index >= 15 is 0 Å². The molecule has 4 heteroatoms. The Labute approximate surface area is 141 Å². The monoisotopic (exact) mass is 324 g/mol. The molecule has 0 spiro atoms. The molecule has 1 fully saturated rings. The second kappa shape index (κ2) is 6.87. The Morgan fingerprint density at radius 3 is 1.29 bits per heavy atom. The van der Waals surface area contributed by atoms with Crippen molar-refractivity contribution in [3.63, 3.8) is 0 Å². The molecule has 0 N–H and O–H groups in total. The van der Waals surface area contributed by atoms with Crippen molar-refractivity contribution in [3.05, 3.63) is 71.8 Å². The van der Waals surface area contributed by atoms with Gasteiger partial charge in [-0.3, -0.25) is 9.59 Å². The van der Waals surface area contributed by atoms with E-state index in [9.17, 15) is 9.59 Å². The minimum atomic E-state index is -0.532. The Balaban J connectivity index is 2.07. The number of benzene rings is 2. The molecule has 4 nitrogen and oxygen atoms in total. The molecule has 0 amide bonds. The van der Waals surface area contributed by atoms with Gasteiger partial charge in [0.1, 0.15) is 0 Å². The maximum Gasteiger partial charge on any atom is 0.310 e. The maximum absolute atomic E-state index is 12.4. The lowest BCUT2D eigenvalue weighted by Crippen LogP contribution is -2.52. The fraction of sp³-hybridized carbons (Fsp3) is 0.300. The van der Waals surface area contributed by atoms with Crippen molar-refractivity contribution in [2.45, 2.75) is 11.8 Å². The molecule has 0 bridgehead atoms. The van der Waals surface area contributed by atoms with Gasteiger partial charge in [0, 0.05) is 11.8 Å². The number of carbonyl (C=O) groups excluding carboxylic acids is 2. The maximum atomic E-state index is 12.4. The Hall–Kier alpha value is -2.62. The summed E-state index contributed by atoms with van der Waals surface area (Å²) in [5, 5.41) is 0. The van der Waals surface area contributed by atoms with Gasteiger partial charge in [-0.25, -0.2) is 0 Å². The van der Waals surface area contributed by atoms with Crippen molar-refractivity contribution in [2.75, 3.05) is 14.2 Å². The van der Waals surface area contributed by atoms with Crippen LogP contribution in [-0.2, 0) is 19.1 Å². The highest BCUT2D eigenvalue weighted by molar-refractivity contribution is 5.87. The summed E-state index contributed by atoms with van der Waals surface area (Å²) in [5.41, 5.74) is 2.06. The molecular weight excluding hydrogens is 304 g/mol. The van der Waals surface area contributed by atoms with E-state index in [1.165, 1.54) is 14.2 Å². The zero-order chi connectivity index (χ0) is 17.1. The largest absolute Gasteiger partial charge is 0.469 e. The summed E-state index contributed by atoms with van der Waals surface area (Å²) in [6, 6.07) is 19.6. The standard InChI is InChI=1S/C20H20O4/c1-23-19(21)17-15(13-9-5-3-6-10-13)16(18(17)20(22)24-2)14-11-7-4-8-12-14/h3-12,15-18H,1-2H3/t15-,16+,17+,18-. The van der Waals surface area contributed by atoms with Gasteiger partial charge in [0.15, 0.2) is 0 Å². The summed E-state index contributed by atoms with van der Waals surface area (Å²) < 4.78 is 9.94. The fourth-order valence-corrected chi connectivity index (χ4v) is 3.79. The summed E-state index contributed by atoms with van der Waals surface area (Å²) in [7, 11) is 2.71. The molecule has 1 saturated carbocycles. The van der Waals surface area contributed by atoms with Crippen molar-refractivity contribution < 1.29 is 19.1 Å². The summed E-state index contributed by atoms with van der Waals surface area (Å²) >= 11 is 0. The van der Waals surface area contributed by atoms with Crippen LogP contribution in [0.5, 0.6) is 0 Å². The lowest BCUT2D eigenvalue weighted by Gasteiger charge is -2.49. The van der Waals surface area contributed by atoms with Crippen LogP contribution in [0, 0.1) is 11.8 Å². The third-order valence-electron chi connectivity index (χ3n) is 4.86. The average Bonchev–Trinajstić information content (AvgIpc) is 2.62. The third kappa shape index (κ3) is 2.68. The van der Waals surface area contributed by atoms with Gasteiger partial charge in [0.05, 0.1) is 26.1 Å². The number of esters is 2. The van der Waals surface area contributed by atoms with Crippen LogP contribution in [0.3, 0.4) is 0 Å². The Morgan fingerprint density at radius 1 is 0.667 bits per heavy atom. The first-order valence-corrected chi connectivity index (χ1v) is 7.94. The van der Waals surface area contributed by atoms with E-state index < -0.39 is 11.8 Å². The SMILES string of the molecule is COC(=O)[C@@H]1[C@H](C(=O)OC)[C@@H](c2ccccc2)[C@H]1c1ccccc1. The average molecular weight is 324 g/mol. The van der Waals surface area contributed by atoms with Crippen LogP contribution in [0.1, 0.15) is 23.0 Å². The van der Waals surface area contributed by atoms with Gasteiger partial charge >= 0.3 is 11.9 Å². The minimum Gasteiger partial charge on any atom is -0.469 e. The Morgan fingerprint density at radius 2 is 1.00 bits per heavy atom. The zero-order valence-electron chi connectivity index (χ0n) is 13.7. The smallest absolute Gasteiger partial charge is 0.310 e. The van der Waals surface area contributed by atoms with Crippen LogP contribution in [-0.4, -0.2) is 26.2 Å². The van der Waals surface area contributed by atoms with Gasteiger partial charge in [-0.05, 0) is 11.1 Å². The highest BCUT2D eigenvalue weighted by Crippen LogP contribution is 2.58. The van der Waals surface area contributed by atoms with Gasteiger partial charge < -0.3 is 9.47 Å². The van der Waals surface area contributed by atoms with Crippen molar-refractivity contribution in [3.8, 4) is 0 Å². The van der Waals surface area contributed by atoms with Crippen molar-refractivity contribution >= 4 is 11.9 Å². The topological polar surface area (TPSA) is 52.6 Å². The molecule has 0 aliphatic heterocycles. The second-order valence-electron chi connectivity index (χ2n) is 5.97. The number of methoxy groups -OCH3 is 2. The summed E-state index contributed by atoms with van der Waals surface area (Å²) in [4.78, 5) is 24.7. The van der Waals surface area contributed by atoms with E-state index in [1.807, 2.05) is 60.7 Å². The first-order valence-electron chi connectivity index (χ1n) is 7.94. The summed E-state index contributed by atoms with van der Waals surface area (Å²) in [5.74, 6) is -2.02. The van der Waals surface area contributed by atoms with Gasteiger partial charge in [-0.15, -0.1) is 0 Å². The first kappa shape index (κ1) is 16.2. The molecule has 0 saturated heterocycles.